The van der Waals surface area contributed by atoms with Gasteiger partial charge in [-0.1, -0.05) is 0 Å². The van der Waals surface area contributed by atoms with Gasteiger partial charge in [0.2, 0.25) is 0 Å². The van der Waals surface area contributed by atoms with Gasteiger partial charge in [0, 0.05) is 17.1 Å². The molecule has 0 aromatic rings. The number of hydrogen-bond donors (Lipinski definition) is 0. The largest absolute Gasteiger partial charge is 0.113 e. The molecule has 0 aromatic heterocycles. The van der Waals surface area contributed by atoms with Crippen LogP contribution in [0.15, 0.2) is 0 Å². The van der Waals surface area contributed by atoms with Crippen molar-refractivity contribution in [2.75, 3.05) is 78.0 Å². The van der Waals surface area contributed by atoms with Crippen LogP contribution in [0.3, 0.4) is 0 Å². The summed E-state index contributed by atoms with van der Waals surface area (Å²) in [6.45, 7) is 18.8. The third kappa shape index (κ3) is 32.1. The quantitative estimate of drug-likeness (QED) is 0.467. The van der Waals surface area contributed by atoms with Gasteiger partial charge in [-0.05, 0) is 78.0 Å². The molecule has 0 saturated heterocycles. The Balaban J connectivity index is -0.000000218. The summed E-state index contributed by atoms with van der Waals surface area (Å²) >= 11 is 0. The van der Waals surface area contributed by atoms with Crippen molar-refractivity contribution in [2.24, 2.45) is 0 Å². The molecule has 0 saturated carbocycles. The molecular formula is C12H32FeP4. The molecule has 17 heavy (non-hydrogen) atoms. The fourth-order valence-electron chi connectivity index (χ4n) is 0.800. The molecule has 0 radical (unpaired) electrons. The summed E-state index contributed by atoms with van der Waals surface area (Å²) in [5, 5.41) is 0. The van der Waals surface area contributed by atoms with Crippen molar-refractivity contribution in [1.82, 2.24) is 0 Å². The van der Waals surface area contributed by atoms with Crippen LogP contribution in [0.4, 0.5) is 0 Å². The molecule has 0 aliphatic heterocycles. The van der Waals surface area contributed by atoms with E-state index in [1.165, 1.54) is 24.6 Å². The maximum Gasteiger partial charge on any atom is 0 e. The van der Waals surface area contributed by atoms with E-state index in [0.717, 1.165) is 0 Å². The van der Waals surface area contributed by atoms with E-state index in [1.54, 1.807) is 0 Å². The van der Waals surface area contributed by atoms with Gasteiger partial charge in [0.25, 0.3) is 0 Å². The van der Waals surface area contributed by atoms with Crippen molar-refractivity contribution in [2.45, 2.75) is 0 Å². The molecule has 0 atom stereocenters. The third-order valence-electron chi connectivity index (χ3n) is 1.99. The first kappa shape index (κ1) is 24.3. The fourth-order valence-corrected chi connectivity index (χ4v) is 7.20. The van der Waals surface area contributed by atoms with E-state index in [4.69, 9.17) is 0 Å². The maximum atomic E-state index is 2.36. The average Bonchev–Trinajstić information content (AvgIpc) is 2.12. The van der Waals surface area contributed by atoms with Crippen molar-refractivity contribution in [3.05, 3.63) is 0 Å². The van der Waals surface area contributed by atoms with Crippen molar-refractivity contribution in [1.29, 1.82) is 0 Å². The zero-order valence-corrected chi connectivity index (χ0v) is 17.7. The smallest absolute Gasteiger partial charge is 0 e. The van der Waals surface area contributed by atoms with Gasteiger partial charge in [0.05, 0.1) is 0 Å². The van der Waals surface area contributed by atoms with Crippen molar-refractivity contribution < 1.29 is 17.1 Å². The molecule has 5 heteroatoms. The monoisotopic (exact) mass is 356 g/mol. The first-order valence-corrected chi connectivity index (χ1v) is 15.5. The Morgan fingerprint density at radius 2 is 0.529 bits per heavy atom. The van der Waals surface area contributed by atoms with Crippen LogP contribution in [0.1, 0.15) is 0 Å². The van der Waals surface area contributed by atoms with Crippen LogP contribution in [-0.4, -0.2) is 78.0 Å². The molecule has 0 aromatic carbocycles. The van der Waals surface area contributed by atoms with Crippen molar-refractivity contribution >= 4 is 31.7 Å². The van der Waals surface area contributed by atoms with Gasteiger partial charge in [-0.15, -0.1) is 31.7 Å². The van der Waals surface area contributed by atoms with Crippen LogP contribution in [0.5, 0.6) is 0 Å². The average molecular weight is 356 g/mol. The zero-order valence-electron chi connectivity index (χ0n) is 13.0. The third-order valence-corrected chi connectivity index (χ3v) is 7.17. The summed E-state index contributed by atoms with van der Waals surface area (Å²) in [5.74, 6) is 0. The molecule has 0 rings (SSSR count). The Labute approximate surface area is 126 Å². The molecular weight excluding hydrogens is 324 g/mol. The summed E-state index contributed by atoms with van der Waals surface area (Å²) in [5.41, 5.74) is 0. The number of rotatable bonds is 6. The van der Waals surface area contributed by atoms with Crippen LogP contribution >= 0.6 is 31.7 Å². The van der Waals surface area contributed by atoms with Gasteiger partial charge in [0.1, 0.15) is 0 Å². The standard InChI is InChI=1S/2C6H16P2.Fe/c2*1-7(2)5-6-8(3)4;/h2*5-6H2,1-4H3;. The van der Waals surface area contributed by atoms with E-state index in [0.29, 0.717) is 31.7 Å². The van der Waals surface area contributed by atoms with Crippen molar-refractivity contribution in [3.63, 3.8) is 0 Å². The molecule has 0 nitrogen and oxygen atoms in total. The summed E-state index contributed by atoms with van der Waals surface area (Å²) < 4.78 is 0. The summed E-state index contributed by atoms with van der Waals surface area (Å²) in [4.78, 5) is 0. The molecule has 0 fully saturated rings. The van der Waals surface area contributed by atoms with E-state index in [-0.39, 0.29) is 17.1 Å². The molecule has 0 bridgehead atoms. The Morgan fingerprint density at radius 1 is 0.412 bits per heavy atom. The fraction of sp³-hybridized carbons (Fsp3) is 1.00. The SMILES string of the molecule is CP(C)CCP(C)C.CP(C)CCP(C)C.[Fe]. The molecule has 0 aliphatic carbocycles. The van der Waals surface area contributed by atoms with Crippen LogP contribution < -0.4 is 0 Å². The minimum absolute atomic E-state index is 0. The van der Waals surface area contributed by atoms with Crippen LogP contribution in [0.25, 0.3) is 0 Å². The first-order valence-electron chi connectivity index (χ1n) is 5.84. The zero-order chi connectivity index (χ0) is 13.1. The Kier molecular flexibility index (Phi) is 23.3. The molecule has 0 unspecified atom stereocenters. The maximum absolute atomic E-state index is 2.36. The normalized spacial score (nSPS) is 10.6. The predicted molar refractivity (Wildman–Crippen MR) is 94.5 cm³/mol. The molecule has 0 N–H and O–H groups in total. The van der Waals surface area contributed by atoms with Gasteiger partial charge < -0.3 is 0 Å². The molecule has 0 spiro atoms. The van der Waals surface area contributed by atoms with Gasteiger partial charge in [-0.3, -0.25) is 0 Å². The first-order chi connectivity index (χ1) is 7.25. The summed E-state index contributed by atoms with van der Waals surface area (Å²) in [7, 11) is 1.53. The minimum atomic E-state index is 0. The van der Waals surface area contributed by atoms with Gasteiger partial charge in [-0.2, -0.15) is 0 Å². The molecule has 108 valence electrons. The predicted octanol–water partition coefficient (Wildman–Crippen LogP) is 4.94. The number of hydrogen-bond acceptors (Lipinski definition) is 0. The molecule has 0 amide bonds. The molecule has 0 heterocycles. The van der Waals surface area contributed by atoms with Crippen LogP contribution in [-0.2, 0) is 17.1 Å². The van der Waals surface area contributed by atoms with Gasteiger partial charge in [-0.25, -0.2) is 0 Å². The Bertz CT molecular complexity index is 106. The summed E-state index contributed by atoms with van der Waals surface area (Å²) in [6, 6.07) is 0. The van der Waals surface area contributed by atoms with E-state index in [9.17, 15) is 0 Å². The Morgan fingerprint density at radius 3 is 0.588 bits per heavy atom. The topological polar surface area (TPSA) is 0 Å². The van der Waals surface area contributed by atoms with E-state index < -0.39 is 0 Å². The molecule has 0 aliphatic rings. The van der Waals surface area contributed by atoms with Gasteiger partial charge >= 0.3 is 0 Å². The second-order valence-electron chi connectivity index (χ2n) is 5.21. The van der Waals surface area contributed by atoms with Gasteiger partial charge in [0.15, 0.2) is 0 Å². The van der Waals surface area contributed by atoms with Crippen LogP contribution in [0.2, 0.25) is 0 Å². The van der Waals surface area contributed by atoms with E-state index in [2.05, 4.69) is 53.3 Å². The van der Waals surface area contributed by atoms with E-state index in [1.807, 2.05) is 0 Å². The van der Waals surface area contributed by atoms with Crippen LogP contribution in [0, 0.1) is 0 Å². The second kappa shape index (κ2) is 16.3. The second-order valence-corrected chi connectivity index (χ2v) is 15.6. The van der Waals surface area contributed by atoms with Crippen molar-refractivity contribution in [3.8, 4) is 0 Å². The van der Waals surface area contributed by atoms with E-state index >= 15 is 0 Å². The Hall–Kier alpha value is 2.24. The summed E-state index contributed by atoms with van der Waals surface area (Å²) in [6.07, 6.45) is 5.92. The minimum Gasteiger partial charge on any atom is -0.113 e.